The number of hydrogen-bond donors (Lipinski definition) is 2. The van der Waals surface area contributed by atoms with Crippen molar-refractivity contribution >= 4 is 17.4 Å². The van der Waals surface area contributed by atoms with Gasteiger partial charge >= 0.3 is 0 Å². The van der Waals surface area contributed by atoms with Crippen LogP contribution in [0.5, 0.6) is 0 Å². The molecule has 6 nitrogen and oxygen atoms in total. The van der Waals surface area contributed by atoms with Gasteiger partial charge in [0.25, 0.3) is 0 Å². The van der Waals surface area contributed by atoms with Crippen molar-refractivity contribution in [1.82, 2.24) is 14.7 Å². The lowest BCUT2D eigenvalue weighted by atomic mass is 10.0. The van der Waals surface area contributed by atoms with Gasteiger partial charge in [-0.15, -0.1) is 0 Å². The molecule has 2 heterocycles. The summed E-state index contributed by atoms with van der Waals surface area (Å²) in [6.07, 6.45) is 3.43. The Kier molecular flexibility index (Phi) is 5.24. The first-order valence-electron chi connectivity index (χ1n) is 11.0. The van der Waals surface area contributed by atoms with Gasteiger partial charge in [-0.3, -0.25) is 9.48 Å². The molecule has 1 saturated carbocycles. The summed E-state index contributed by atoms with van der Waals surface area (Å²) < 4.78 is 2.17. The number of nitrogens with one attached hydrogen (secondary N) is 1. The lowest BCUT2D eigenvalue weighted by molar-refractivity contribution is -0.129. The van der Waals surface area contributed by atoms with Crippen molar-refractivity contribution in [2.75, 3.05) is 11.9 Å². The number of rotatable bonds is 6. The van der Waals surface area contributed by atoms with E-state index in [9.17, 15) is 9.90 Å². The molecule has 1 aliphatic heterocycles. The summed E-state index contributed by atoms with van der Waals surface area (Å²) in [4.78, 5) is 13.9. The van der Waals surface area contributed by atoms with Crippen LogP contribution >= 0.6 is 0 Å². The Bertz CT molecular complexity index is 1100. The van der Waals surface area contributed by atoms with Gasteiger partial charge in [0.1, 0.15) is 0 Å². The van der Waals surface area contributed by atoms with E-state index < -0.39 is 0 Å². The normalized spacial score (nSPS) is 15.6. The molecule has 1 fully saturated rings. The van der Waals surface area contributed by atoms with E-state index >= 15 is 0 Å². The van der Waals surface area contributed by atoms with Gasteiger partial charge < -0.3 is 15.3 Å². The number of aromatic nitrogens is 2. The number of fused-ring (bicyclic) bond motifs is 1. The zero-order chi connectivity index (χ0) is 21.4. The third kappa shape index (κ3) is 4.21. The van der Waals surface area contributed by atoms with E-state index in [4.69, 9.17) is 5.10 Å². The molecule has 0 spiro atoms. The molecular formula is C25H28N4O2. The van der Waals surface area contributed by atoms with Gasteiger partial charge in [-0.25, -0.2) is 0 Å². The lowest BCUT2D eigenvalue weighted by Crippen LogP contribution is -2.34. The highest BCUT2D eigenvalue weighted by atomic mass is 16.3. The fourth-order valence-corrected chi connectivity index (χ4v) is 4.27. The van der Waals surface area contributed by atoms with Gasteiger partial charge in [-0.2, -0.15) is 5.10 Å². The maximum atomic E-state index is 12.0. The second kappa shape index (κ2) is 8.19. The second-order valence-corrected chi connectivity index (χ2v) is 8.65. The molecular weight excluding hydrogens is 388 g/mol. The van der Waals surface area contributed by atoms with Crippen LogP contribution in [-0.2, 0) is 30.9 Å². The molecule has 1 aromatic heterocycles. The molecule has 2 aliphatic rings. The number of aliphatic hydroxyl groups excluding tert-OH is 1. The molecule has 2 aromatic carbocycles. The minimum atomic E-state index is 0.0494. The molecule has 3 aromatic rings. The van der Waals surface area contributed by atoms with Crippen LogP contribution < -0.4 is 5.32 Å². The number of anilines is 2. The number of amides is 1. The fraction of sp³-hybridized carbons (Fsp3) is 0.360. The SMILES string of the molecule is CC(=O)N1CCc2c(c(Nc3cccc(-c4ccc(CO)cc4)c3)nn2CC2CC2)C1. The molecule has 1 amide bonds. The molecule has 31 heavy (non-hydrogen) atoms. The third-order valence-corrected chi connectivity index (χ3v) is 6.30. The van der Waals surface area contributed by atoms with E-state index in [0.29, 0.717) is 6.54 Å². The van der Waals surface area contributed by atoms with Crippen molar-refractivity contribution in [1.29, 1.82) is 0 Å². The molecule has 0 saturated heterocycles. The van der Waals surface area contributed by atoms with Crippen LogP contribution in [0.4, 0.5) is 11.5 Å². The first-order valence-corrected chi connectivity index (χ1v) is 11.0. The van der Waals surface area contributed by atoms with Crippen molar-refractivity contribution in [2.45, 2.75) is 45.9 Å². The highest BCUT2D eigenvalue weighted by molar-refractivity contribution is 5.75. The van der Waals surface area contributed by atoms with Gasteiger partial charge in [0.15, 0.2) is 5.82 Å². The molecule has 1 aliphatic carbocycles. The third-order valence-electron chi connectivity index (χ3n) is 6.30. The van der Waals surface area contributed by atoms with Crippen molar-refractivity contribution in [3.05, 3.63) is 65.4 Å². The number of carbonyl (C=O) groups is 1. The predicted molar refractivity (Wildman–Crippen MR) is 121 cm³/mol. The number of carbonyl (C=O) groups excluding carboxylic acids is 1. The van der Waals surface area contributed by atoms with E-state index in [0.717, 1.165) is 59.2 Å². The highest BCUT2D eigenvalue weighted by Gasteiger charge is 2.29. The van der Waals surface area contributed by atoms with Gasteiger partial charge in [0, 0.05) is 43.4 Å². The zero-order valence-corrected chi connectivity index (χ0v) is 17.8. The molecule has 160 valence electrons. The Morgan fingerprint density at radius 1 is 1.16 bits per heavy atom. The van der Waals surface area contributed by atoms with E-state index in [1.807, 2.05) is 41.3 Å². The summed E-state index contributed by atoms with van der Waals surface area (Å²) in [5.74, 6) is 1.71. The Morgan fingerprint density at radius 2 is 1.97 bits per heavy atom. The average molecular weight is 417 g/mol. The largest absolute Gasteiger partial charge is 0.392 e. The highest BCUT2D eigenvalue weighted by Crippen LogP contribution is 2.35. The summed E-state index contributed by atoms with van der Waals surface area (Å²) in [6, 6.07) is 16.2. The minimum Gasteiger partial charge on any atom is -0.392 e. The van der Waals surface area contributed by atoms with Crippen molar-refractivity contribution in [3.8, 4) is 11.1 Å². The van der Waals surface area contributed by atoms with Crippen molar-refractivity contribution < 1.29 is 9.90 Å². The van der Waals surface area contributed by atoms with E-state index in [1.54, 1.807) is 6.92 Å². The number of nitrogens with zero attached hydrogens (tertiary/aromatic N) is 3. The first kappa shape index (κ1) is 19.8. The number of benzene rings is 2. The van der Waals surface area contributed by atoms with Crippen LogP contribution in [0.2, 0.25) is 0 Å². The van der Waals surface area contributed by atoms with E-state index in [1.165, 1.54) is 18.5 Å². The molecule has 5 rings (SSSR count). The van der Waals surface area contributed by atoms with E-state index in [-0.39, 0.29) is 12.5 Å². The Hall–Kier alpha value is -3.12. The molecule has 6 heteroatoms. The Labute approximate surface area is 182 Å². The molecule has 0 atom stereocenters. The predicted octanol–water partition coefficient (Wildman–Crippen LogP) is 4.10. The summed E-state index contributed by atoms with van der Waals surface area (Å²) in [6.45, 7) is 4.03. The standard InChI is InChI=1S/C25H28N4O2/c1-17(31)28-12-11-24-23(15-28)25(27-29(24)14-18-5-6-18)26-22-4-2-3-21(13-22)20-9-7-19(16-30)8-10-20/h2-4,7-10,13,18,30H,5-6,11-12,14-16H2,1H3,(H,26,27). The first-order chi connectivity index (χ1) is 15.1. The zero-order valence-electron chi connectivity index (χ0n) is 17.8. The maximum absolute atomic E-state index is 12.0. The number of aliphatic hydroxyl groups is 1. The second-order valence-electron chi connectivity index (χ2n) is 8.65. The molecule has 0 bridgehead atoms. The molecule has 0 unspecified atom stereocenters. The van der Waals surface area contributed by atoms with Crippen molar-refractivity contribution in [2.24, 2.45) is 5.92 Å². The summed E-state index contributed by atoms with van der Waals surface area (Å²) in [5.41, 5.74) is 6.49. The van der Waals surface area contributed by atoms with Crippen LogP contribution in [0.3, 0.4) is 0 Å². The summed E-state index contributed by atoms with van der Waals surface area (Å²) in [7, 11) is 0. The van der Waals surface area contributed by atoms with Crippen molar-refractivity contribution in [3.63, 3.8) is 0 Å². The Morgan fingerprint density at radius 3 is 2.68 bits per heavy atom. The van der Waals surface area contributed by atoms with Gasteiger partial charge in [0.2, 0.25) is 5.91 Å². The minimum absolute atomic E-state index is 0.0494. The molecule has 0 radical (unpaired) electrons. The fourth-order valence-electron chi connectivity index (χ4n) is 4.27. The lowest BCUT2D eigenvalue weighted by Gasteiger charge is -2.26. The molecule has 2 N–H and O–H groups in total. The monoisotopic (exact) mass is 416 g/mol. The maximum Gasteiger partial charge on any atom is 0.219 e. The van der Waals surface area contributed by atoms with E-state index in [2.05, 4.69) is 22.1 Å². The van der Waals surface area contributed by atoms with Crippen LogP contribution in [0.15, 0.2) is 48.5 Å². The van der Waals surface area contributed by atoms with Crippen LogP contribution in [-0.4, -0.2) is 32.2 Å². The summed E-state index contributed by atoms with van der Waals surface area (Å²) in [5, 5.41) is 17.7. The van der Waals surface area contributed by atoms with Gasteiger partial charge in [-0.1, -0.05) is 36.4 Å². The Balaban J connectivity index is 1.44. The number of hydrogen-bond acceptors (Lipinski definition) is 4. The van der Waals surface area contributed by atoms with Crippen LogP contribution in [0.1, 0.15) is 36.6 Å². The quantitative estimate of drug-likeness (QED) is 0.635. The van der Waals surface area contributed by atoms with Crippen LogP contribution in [0, 0.1) is 5.92 Å². The smallest absolute Gasteiger partial charge is 0.219 e. The summed E-state index contributed by atoms with van der Waals surface area (Å²) >= 11 is 0. The van der Waals surface area contributed by atoms with Crippen LogP contribution in [0.25, 0.3) is 11.1 Å². The van der Waals surface area contributed by atoms with Gasteiger partial charge in [0.05, 0.1) is 13.2 Å². The topological polar surface area (TPSA) is 70.4 Å². The van der Waals surface area contributed by atoms with Gasteiger partial charge in [-0.05, 0) is 47.6 Å². The average Bonchev–Trinajstić information content (AvgIpc) is 3.56.